The second-order valence-corrected chi connectivity index (χ2v) is 8.09. The Labute approximate surface area is 184 Å². The zero-order valence-electron chi connectivity index (χ0n) is 17.7. The third-order valence-corrected chi connectivity index (χ3v) is 6.50. The first kappa shape index (κ1) is 20.0. The first-order valence-corrected chi connectivity index (χ1v) is 10.3. The summed E-state index contributed by atoms with van der Waals surface area (Å²) in [7, 11) is 3.17. The largest absolute Gasteiger partial charge is 0.465 e. The van der Waals surface area contributed by atoms with E-state index in [1.807, 2.05) is 42.1 Å². The van der Waals surface area contributed by atoms with Crippen molar-refractivity contribution in [3.8, 4) is 0 Å². The molecule has 1 aromatic heterocycles. The number of methoxy groups -OCH3 is 1. The molecule has 1 saturated heterocycles. The van der Waals surface area contributed by atoms with Crippen LogP contribution in [0.3, 0.4) is 0 Å². The van der Waals surface area contributed by atoms with E-state index in [4.69, 9.17) is 4.74 Å². The van der Waals surface area contributed by atoms with E-state index in [1.54, 1.807) is 35.4 Å². The lowest BCUT2D eigenvalue weighted by atomic mass is 9.74. The number of fused-ring (bicyclic) bond motifs is 2. The van der Waals surface area contributed by atoms with Crippen LogP contribution in [0.1, 0.15) is 44.6 Å². The third kappa shape index (κ3) is 2.76. The standard InChI is InChI=1S/C24H22N4O4/c1-27-14-12-25-20(27)19-24(17-5-3-4-6-18(17)26-23(24)31)11-13-28(19)21(29)15-7-9-16(10-8-15)22(30)32-2/h3-10,12,14,19H,11,13H2,1-2H3,(H,26,31)/t19-,24+/m0/s1. The number of hydrogen-bond acceptors (Lipinski definition) is 5. The van der Waals surface area contributed by atoms with Gasteiger partial charge in [-0.3, -0.25) is 9.59 Å². The van der Waals surface area contributed by atoms with E-state index < -0.39 is 17.4 Å². The Kier molecular flexibility index (Phi) is 4.58. The Morgan fingerprint density at radius 3 is 2.53 bits per heavy atom. The first-order chi connectivity index (χ1) is 15.5. The molecule has 0 saturated carbocycles. The van der Waals surface area contributed by atoms with Gasteiger partial charge < -0.3 is 19.5 Å². The van der Waals surface area contributed by atoms with Crippen LogP contribution >= 0.6 is 0 Å². The van der Waals surface area contributed by atoms with Crippen molar-refractivity contribution in [2.45, 2.75) is 17.9 Å². The van der Waals surface area contributed by atoms with E-state index in [0.29, 0.717) is 29.9 Å². The maximum absolute atomic E-state index is 13.6. The van der Waals surface area contributed by atoms with Crippen LogP contribution in [0.15, 0.2) is 60.9 Å². The number of para-hydroxylation sites is 1. The van der Waals surface area contributed by atoms with Crippen LogP contribution in [0, 0.1) is 0 Å². The molecule has 8 heteroatoms. The fraction of sp³-hybridized carbons (Fsp3) is 0.250. The highest BCUT2D eigenvalue weighted by Crippen LogP contribution is 2.54. The average Bonchev–Trinajstić information content (AvgIpc) is 3.49. The molecule has 2 aromatic carbocycles. The second kappa shape index (κ2) is 7.33. The summed E-state index contributed by atoms with van der Waals surface area (Å²) < 4.78 is 6.59. The number of aryl methyl sites for hydroxylation is 1. The van der Waals surface area contributed by atoms with Crippen LogP contribution in [0.5, 0.6) is 0 Å². The highest BCUT2D eigenvalue weighted by Gasteiger charge is 2.60. The number of rotatable bonds is 3. The number of imidazole rings is 1. The van der Waals surface area contributed by atoms with Crippen molar-refractivity contribution in [2.75, 3.05) is 19.0 Å². The molecule has 2 atom stereocenters. The van der Waals surface area contributed by atoms with Gasteiger partial charge in [0, 0.05) is 37.2 Å². The number of likely N-dealkylation sites (tertiary alicyclic amines) is 1. The second-order valence-electron chi connectivity index (χ2n) is 8.09. The summed E-state index contributed by atoms with van der Waals surface area (Å²) >= 11 is 0. The summed E-state index contributed by atoms with van der Waals surface area (Å²) in [4.78, 5) is 45.0. The zero-order chi connectivity index (χ0) is 22.5. The maximum atomic E-state index is 13.6. The van der Waals surface area contributed by atoms with Crippen molar-refractivity contribution in [1.82, 2.24) is 14.5 Å². The number of carbonyl (C=O) groups is 3. The Hall–Kier alpha value is -3.94. The minimum atomic E-state index is -0.919. The van der Waals surface area contributed by atoms with Gasteiger partial charge in [0.1, 0.15) is 17.3 Å². The summed E-state index contributed by atoms with van der Waals surface area (Å²) in [5.74, 6) is -0.158. The SMILES string of the molecule is COC(=O)c1ccc(C(=O)N2CC[C@]3(C(=O)Nc4ccccc43)[C@@H]2c2nccn2C)cc1. The van der Waals surface area contributed by atoms with E-state index in [0.717, 1.165) is 11.3 Å². The molecule has 162 valence electrons. The van der Waals surface area contributed by atoms with Gasteiger partial charge in [0.15, 0.2) is 0 Å². The highest BCUT2D eigenvalue weighted by atomic mass is 16.5. The molecule has 2 aliphatic rings. The van der Waals surface area contributed by atoms with Gasteiger partial charge in [-0.05, 0) is 42.3 Å². The zero-order valence-corrected chi connectivity index (χ0v) is 17.7. The molecule has 0 aliphatic carbocycles. The van der Waals surface area contributed by atoms with Crippen LogP contribution in [-0.2, 0) is 22.0 Å². The number of benzene rings is 2. The van der Waals surface area contributed by atoms with Crippen molar-refractivity contribution in [1.29, 1.82) is 0 Å². The number of carbonyl (C=O) groups excluding carboxylic acids is 3. The van der Waals surface area contributed by atoms with Gasteiger partial charge in [0.2, 0.25) is 5.91 Å². The van der Waals surface area contributed by atoms with Gasteiger partial charge in [-0.25, -0.2) is 9.78 Å². The van der Waals surface area contributed by atoms with Crippen LogP contribution in [-0.4, -0.2) is 45.9 Å². The Balaban J connectivity index is 1.59. The summed E-state index contributed by atoms with van der Waals surface area (Å²) in [5.41, 5.74) is 1.53. The van der Waals surface area contributed by atoms with Crippen molar-refractivity contribution in [3.63, 3.8) is 0 Å². The molecule has 1 fully saturated rings. The summed E-state index contributed by atoms with van der Waals surface area (Å²) in [5, 5.41) is 3.00. The lowest BCUT2D eigenvalue weighted by Crippen LogP contribution is -2.43. The topological polar surface area (TPSA) is 93.5 Å². The summed E-state index contributed by atoms with van der Waals surface area (Å²) in [6, 6.07) is 13.4. The van der Waals surface area contributed by atoms with Gasteiger partial charge >= 0.3 is 5.97 Å². The molecule has 1 spiro atoms. The Morgan fingerprint density at radius 1 is 1.12 bits per heavy atom. The molecule has 5 rings (SSSR count). The van der Waals surface area contributed by atoms with E-state index >= 15 is 0 Å². The normalized spacial score (nSPS) is 21.5. The average molecular weight is 430 g/mol. The number of aromatic nitrogens is 2. The number of ether oxygens (including phenoxy) is 1. The van der Waals surface area contributed by atoms with E-state index in [-0.39, 0.29) is 11.8 Å². The summed E-state index contributed by atoms with van der Waals surface area (Å²) in [6.45, 7) is 0.400. The summed E-state index contributed by atoms with van der Waals surface area (Å²) in [6.07, 6.45) is 3.97. The molecular formula is C24H22N4O4. The monoisotopic (exact) mass is 430 g/mol. The van der Waals surface area contributed by atoms with Crippen LogP contribution in [0.4, 0.5) is 5.69 Å². The minimum Gasteiger partial charge on any atom is -0.465 e. The molecule has 0 bridgehead atoms. The smallest absolute Gasteiger partial charge is 0.337 e. The predicted molar refractivity (Wildman–Crippen MR) is 116 cm³/mol. The lowest BCUT2D eigenvalue weighted by molar-refractivity contribution is -0.121. The third-order valence-electron chi connectivity index (χ3n) is 6.50. The molecule has 3 aromatic rings. The number of anilines is 1. The minimum absolute atomic E-state index is 0.122. The van der Waals surface area contributed by atoms with Crippen LogP contribution in [0.2, 0.25) is 0 Å². The van der Waals surface area contributed by atoms with Gasteiger partial charge in [-0.15, -0.1) is 0 Å². The molecule has 8 nitrogen and oxygen atoms in total. The van der Waals surface area contributed by atoms with Gasteiger partial charge in [-0.1, -0.05) is 18.2 Å². The number of amides is 2. The lowest BCUT2D eigenvalue weighted by Gasteiger charge is -2.33. The van der Waals surface area contributed by atoms with E-state index in [2.05, 4.69) is 10.3 Å². The van der Waals surface area contributed by atoms with Crippen molar-refractivity contribution in [2.24, 2.45) is 7.05 Å². The number of nitrogens with zero attached hydrogens (tertiary/aromatic N) is 3. The van der Waals surface area contributed by atoms with Gasteiger partial charge in [0.25, 0.3) is 5.91 Å². The number of hydrogen-bond donors (Lipinski definition) is 1. The van der Waals surface area contributed by atoms with Crippen molar-refractivity contribution < 1.29 is 19.1 Å². The van der Waals surface area contributed by atoms with E-state index in [1.165, 1.54) is 7.11 Å². The first-order valence-electron chi connectivity index (χ1n) is 10.3. The molecule has 1 N–H and O–H groups in total. The fourth-order valence-electron chi connectivity index (χ4n) is 4.94. The van der Waals surface area contributed by atoms with E-state index in [9.17, 15) is 14.4 Å². The van der Waals surface area contributed by atoms with Crippen molar-refractivity contribution >= 4 is 23.5 Å². The highest BCUT2D eigenvalue weighted by molar-refractivity contribution is 6.08. The maximum Gasteiger partial charge on any atom is 0.337 e. The predicted octanol–water partition coefficient (Wildman–Crippen LogP) is 2.68. The molecule has 32 heavy (non-hydrogen) atoms. The molecule has 3 heterocycles. The Morgan fingerprint density at radius 2 is 1.84 bits per heavy atom. The molecule has 2 aliphatic heterocycles. The quantitative estimate of drug-likeness (QED) is 0.645. The number of esters is 1. The van der Waals surface area contributed by atoms with Crippen LogP contribution in [0.25, 0.3) is 0 Å². The molecular weight excluding hydrogens is 408 g/mol. The Bertz CT molecular complexity index is 1230. The molecule has 0 unspecified atom stereocenters. The van der Waals surface area contributed by atoms with Gasteiger partial charge in [0.05, 0.1) is 12.7 Å². The fourth-order valence-corrected chi connectivity index (χ4v) is 4.94. The molecule has 2 amide bonds. The van der Waals surface area contributed by atoms with Crippen LogP contribution < -0.4 is 5.32 Å². The molecule has 0 radical (unpaired) electrons. The number of nitrogens with one attached hydrogen (secondary N) is 1. The van der Waals surface area contributed by atoms with Gasteiger partial charge in [-0.2, -0.15) is 0 Å². The van der Waals surface area contributed by atoms with Crippen molar-refractivity contribution in [3.05, 3.63) is 83.4 Å².